The summed E-state index contributed by atoms with van der Waals surface area (Å²) in [7, 11) is 0. The number of nitrogens with zero attached hydrogens (tertiary/aromatic N) is 1. The van der Waals surface area contributed by atoms with E-state index < -0.39 is 5.92 Å². The number of hydrogen-bond donors (Lipinski definition) is 0. The lowest BCUT2D eigenvalue weighted by atomic mass is 9.89. The fraction of sp³-hybridized carbons (Fsp3) is 0.190. The van der Waals surface area contributed by atoms with Gasteiger partial charge >= 0.3 is 11.9 Å². The molecule has 26 heavy (non-hydrogen) atoms. The molecular weight excluding hydrogens is 330 g/mol. The van der Waals surface area contributed by atoms with Gasteiger partial charge in [0.05, 0.1) is 17.6 Å². The normalized spacial score (nSPS) is 21.0. The lowest BCUT2D eigenvalue weighted by Crippen LogP contribution is -2.12. The molecule has 0 bridgehead atoms. The van der Waals surface area contributed by atoms with E-state index >= 15 is 0 Å². The van der Waals surface area contributed by atoms with E-state index in [1.165, 1.54) is 0 Å². The Morgan fingerprint density at radius 3 is 2.15 bits per heavy atom. The van der Waals surface area contributed by atoms with Crippen molar-refractivity contribution in [1.82, 2.24) is 0 Å². The summed E-state index contributed by atoms with van der Waals surface area (Å²) in [5, 5.41) is 8.83. The first kappa shape index (κ1) is 17.4. The third kappa shape index (κ3) is 3.81. The summed E-state index contributed by atoms with van der Waals surface area (Å²) in [5.41, 5.74) is 2.47. The molecule has 5 nitrogen and oxygen atoms in total. The summed E-state index contributed by atoms with van der Waals surface area (Å²) in [6, 6.07) is 20.9. The van der Waals surface area contributed by atoms with E-state index in [-0.39, 0.29) is 24.5 Å². The highest BCUT2D eigenvalue weighted by Gasteiger charge is 2.38. The van der Waals surface area contributed by atoms with E-state index in [0.717, 1.165) is 11.1 Å². The summed E-state index contributed by atoms with van der Waals surface area (Å²) in [4.78, 5) is 22.5. The van der Waals surface area contributed by atoms with E-state index in [9.17, 15) is 9.59 Å². The second kappa shape index (κ2) is 8.13. The number of esters is 2. The standard InChI is InChI=1S/C11H9NO2.C10H8O2/c12-6-9-7-14-11(13)10(9)8-4-2-1-3-5-8;11-10-9(6-7-12-10)8-4-2-1-3-5-8/h1-5,9-10H,7H2;1-6H,7H2. The van der Waals surface area contributed by atoms with Crippen LogP contribution in [0.1, 0.15) is 17.0 Å². The number of carbonyl (C=O) groups is 2. The quantitative estimate of drug-likeness (QED) is 0.780. The molecule has 0 aliphatic carbocycles. The van der Waals surface area contributed by atoms with Crippen LogP contribution in [0.25, 0.3) is 5.57 Å². The van der Waals surface area contributed by atoms with Crippen molar-refractivity contribution in [3.8, 4) is 6.07 Å². The zero-order chi connectivity index (χ0) is 18.4. The minimum absolute atomic E-state index is 0.217. The Kier molecular flexibility index (Phi) is 5.45. The molecule has 4 rings (SSSR count). The van der Waals surface area contributed by atoms with Crippen molar-refractivity contribution >= 4 is 17.5 Å². The van der Waals surface area contributed by atoms with Crippen molar-refractivity contribution in [2.24, 2.45) is 5.92 Å². The van der Waals surface area contributed by atoms with Crippen molar-refractivity contribution in [2.45, 2.75) is 5.92 Å². The smallest absolute Gasteiger partial charge is 0.338 e. The molecule has 2 aliphatic heterocycles. The van der Waals surface area contributed by atoms with E-state index in [4.69, 9.17) is 14.7 Å². The highest BCUT2D eigenvalue weighted by Crippen LogP contribution is 2.31. The monoisotopic (exact) mass is 347 g/mol. The lowest BCUT2D eigenvalue weighted by molar-refractivity contribution is -0.139. The minimum Gasteiger partial charge on any atom is -0.464 e. The Balaban J connectivity index is 0.000000152. The third-order valence-corrected chi connectivity index (χ3v) is 4.19. The van der Waals surface area contributed by atoms with Gasteiger partial charge in [-0.15, -0.1) is 0 Å². The number of hydrogen-bond acceptors (Lipinski definition) is 5. The summed E-state index contributed by atoms with van der Waals surface area (Å²) < 4.78 is 9.65. The van der Waals surface area contributed by atoms with Crippen molar-refractivity contribution in [3.63, 3.8) is 0 Å². The van der Waals surface area contributed by atoms with Crippen molar-refractivity contribution in [3.05, 3.63) is 77.9 Å². The minimum atomic E-state index is -0.402. The molecule has 1 saturated heterocycles. The molecule has 130 valence electrons. The molecule has 0 spiro atoms. The molecule has 0 radical (unpaired) electrons. The van der Waals surface area contributed by atoms with Gasteiger partial charge in [-0.2, -0.15) is 5.26 Å². The zero-order valence-corrected chi connectivity index (χ0v) is 14.0. The second-order valence-corrected chi connectivity index (χ2v) is 5.84. The highest BCUT2D eigenvalue weighted by molar-refractivity contribution is 6.17. The molecule has 0 aromatic heterocycles. The topological polar surface area (TPSA) is 76.4 Å². The van der Waals surface area contributed by atoms with Crippen LogP contribution >= 0.6 is 0 Å². The summed E-state index contributed by atoms with van der Waals surface area (Å²) in [6.07, 6.45) is 1.80. The van der Waals surface area contributed by atoms with Crippen molar-refractivity contribution in [1.29, 1.82) is 5.26 Å². The second-order valence-electron chi connectivity index (χ2n) is 5.84. The van der Waals surface area contributed by atoms with Gasteiger partial charge in [0.2, 0.25) is 0 Å². The molecule has 2 heterocycles. The Hall–Kier alpha value is -3.39. The summed E-state index contributed by atoms with van der Waals surface area (Å²) >= 11 is 0. The lowest BCUT2D eigenvalue weighted by Gasteiger charge is -2.07. The average Bonchev–Trinajstić information content (AvgIpc) is 3.29. The first-order chi connectivity index (χ1) is 12.7. The molecule has 0 saturated carbocycles. The van der Waals surface area contributed by atoms with Crippen LogP contribution in [0.15, 0.2) is 66.7 Å². The van der Waals surface area contributed by atoms with E-state index in [0.29, 0.717) is 12.2 Å². The van der Waals surface area contributed by atoms with Crippen LogP contribution in [-0.4, -0.2) is 25.2 Å². The van der Waals surface area contributed by atoms with Crippen LogP contribution in [0.3, 0.4) is 0 Å². The number of ether oxygens (including phenoxy) is 2. The van der Waals surface area contributed by atoms with Gasteiger partial charge in [0.1, 0.15) is 19.1 Å². The maximum atomic E-state index is 11.4. The van der Waals surface area contributed by atoms with Crippen molar-refractivity contribution in [2.75, 3.05) is 13.2 Å². The molecule has 2 aromatic carbocycles. The van der Waals surface area contributed by atoms with Gasteiger partial charge in [-0.05, 0) is 17.2 Å². The van der Waals surface area contributed by atoms with Crippen molar-refractivity contribution < 1.29 is 19.1 Å². The van der Waals surface area contributed by atoms with Crippen LogP contribution in [0.2, 0.25) is 0 Å². The van der Waals surface area contributed by atoms with E-state index in [2.05, 4.69) is 6.07 Å². The predicted octanol–water partition coefficient (Wildman–Crippen LogP) is 3.09. The molecule has 2 aromatic rings. The van der Waals surface area contributed by atoms with Gasteiger partial charge < -0.3 is 9.47 Å². The predicted molar refractivity (Wildman–Crippen MR) is 94.6 cm³/mol. The molecule has 1 fully saturated rings. The first-order valence-corrected chi connectivity index (χ1v) is 8.24. The molecule has 2 atom stereocenters. The van der Waals surface area contributed by atoms with Gasteiger partial charge in [0.15, 0.2) is 0 Å². The van der Waals surface area contributed by atoms with Gasteiger partial charge in [-0.25, -0.2) is 4.79 Å². The van der Waals surface area contributed by atoms with Crippen LogP contribution in [-0.2, 0) is 19.1 Å². The Labute approximate surface area is 151 Å². The van der Waals surface area contributed by atoms with Gasteiger partial charge in [-0.1, -0.05) is 60.7 Å². The first-order valence-electron chi connectivity index (χ1n) is 8.24. The number of rotatable bonds is 2. The van der Waals surface area contributed by atoms with Crippen LogP contribution < -0.4 is 0 Å². The molecule has 0 amide bonds. The highest BCUT2D eigenvalue weighted by atomic mass is 16.5. The molecule has 5 heteroatoms. The fourth-order valence-electron chi connectivity index (χ4n) is 2.88. The maximum absolute atomic E-state index is 11.4. The number of cyclic esters (lactones) is 2. The summed E-state index contributed by atoms with van der Waals surface area (Å²) in [6.45, 7) is 0.623. The average molecular weight is 347 g/mol. The number of carbonyl (C=O) groups excluding carboxylic acids is 2. The largest absolute Gasteiger partial charge is 0.464 e. The Morgan fingerprint density at radius 1 is 0.923 bits per heavy atom. The van der Waals surface area contributed by atoms with Gasteiger partial charge in [-0.3, -0.25) is 4.79 Å². The zero-order valence-electron chi connectivity index (χ0n) is 14.0. The van der Waals surface area contributed by atoms with Crippen LogP contribution in [0.4, 0.5) is 0 Å². The molecule has 0 N–H and O–H groups in total. The van der Waals surface area contributed by atoms with E-state index in [1.807, 2.05) is 60.7 Å². The number of nitriles is 1. The molecule has 2 unspecified atom stereocenters. The van der Waals surface area contributed by atoms with Crippen LogP contribution in [0.5, 0.6) is 0 Å². The van der Waals surface area contributed by atoms with Gasteiger partial charge in [0, 0.05) is 0 Å². The number of benzene rings is 2. The maximum Gasteiger partial charge on any atom is 0.338 e. The molecule has 2 aliphatic rings. The Morgan fingerprint density at radius 2 is 1.58 bits per heavy atom. The summed E-state index contributed by atoms with van der Waals surface area (Å²) in [5.74, 6) is -1.25. The third-order valence-electron chi connectivity index (χ3n) is 4.19. The van der Waals surface area contributed by atoms with Gasteiger partial charge in [0.25, 0.3) is 0 Å². The SMILES string of the molecule is N#CC1COC(=O)C1c1ccccc1.O=C1OCC=C1c1ccccc1. The molecular formula is C21H17NO4. The van der Waals surface area contributed by atoms with E-state index in [1.54, 1.807) is 6.08 Å². The van der Waals surface area contributed by atoms with Crippen LogP contribution in [0, 0.1) is 17.2 Å². The fourth-order valence-corrected chi connectivity index (χ4v) is 2.88. The Bertz CT molecular complexity index is 853.